The predicted octanol–water partition coefficient (Wildman–Crippen LogP) is 6.63. The molecule has 4 rings (SSSR count). The molecular weight excluding hydrogens is 385 g/mol. The molecule has 0 fully saturated rings. The molecule has 5 heteroatoms. The Hall–Kier alpha value is -2.53. The highest BCUT2D eigenvalue weighted by molar-refractivity contribution is 5.34. The zero-order valence-electron chi connectivity index (χ0n) is 17.4. The summed E-state index contributed by atoms with van der Waals surface area (Å²) in [5.41, 5.74) is 3.75. The van der Waals surface area contributed by atoms with Crippen LogP contribution in [0, 0.1) is 0 Å². The summed E-state index contributed by atoms with van der Waals surface area (Å²) in [7, 11) is 0. The molecule has 1 aliphatic rings. The third kappa shape index (κ3) is 4.31. The van der Waals surface area contributed by atoms with E-state index in [4.69, 9.17) is 0 Å². The Bertz CT molecular complexity index is 986. The summed E-state index contributed by atoms with van der Waals surface area (Å²) >= 11 is 0. The van der Waals surface area contributed by atoms with Crippen LogP contribution < -0.4 is 0 Å². The van der Waals surface area contributed by atoms with Crippen LogP contribution >= 0.6 is 0 Å². The van der Waals surface area contributed by atoms with E-state index in [1.807, 2.05) is 0 Å². The Labute approximate surface area is 175 Å². The number of aryl methyl sites for hydroxylation is 1. The van der Waals surface area contributed by atoms with Crippen LogP contribution in [0.2, 0.25) is 0 Å². The number of rotatable bonds is 4. The van der Waals surface area contributed by atoms with Gasteiger partial charge in [-0.15, -0.1) is 0 Å². The molecule has 2 nitrogen and oxygen atoms in total. The summed E-state index contributed by atoms with van der Waals surface area (Å²) < 4.78 is 41.9. The predicted molar refractivity (Wildman–Crippen MR) is 113 cm³/mol. The molecule has 0 radical (unpaired) electrons. The van der Waals surface area contributed by atoms with E-state index < -0.39 is 11.7 Å². The van der Waals surface area contributed by atoms with E-state index in [0.29, 0.717) is 18.0 Å². The molecule has 1 aliphatic heterocycles. The average molecular weight is 412 g/mol. The molecule has 0 saturated heterocycles. The van der Waals surface area contributed by atoms with Gasteiger partial charge in [-0.25, -0.2) is 0 Å². The Balaban J connectivity index is 1.70. The quantitative estimate of drug-likeness (QED) is 0.467. The summed E-state index contributed by atoms with van der Waals surface area (Å²) in [5, 5.41) is 0. The topological polar surface area (TPSA) is 8.17 Å². The molecule has 1 atom stereocenters. The largest absolute Gasteiger partial charge is 0.416 e. The summed E-state index contributed by atoms with van der Waals surface area (Å²) in [4.78, 5) is 2.30. The lowest BCUT2D eigenvalue weighted by molar-refractivity contribution is -0.137. The molecule has 0 amide bonds. The monoisotopic (exact) mass is 412 g/mol. The van der Waals surface area contributed by atoms with E-state index >= 15 is 0 Å². The number of fused-ring (bicyclic) bond motifs is 1. The van der Waals surface area contributed by atoms with Gasteiger partial charge in [0.2, 0.25) is 0 Å². The number of nitrogens with zero attached hydrogens (tertiary/aromatic N) is 2. The maximum atomic E-state index is 13.2. The molecule has 0 spiro atoms. The van der Waals surface area contributed by atoms with Crippen molar-refractivity contribution < 1.29 is 13.2 Å². The van der Waals surface area contributed by atoms with Gasteiger partial charge in [0.05, 0.1) is 11.6 Å². The molecule has 0 saturated carbocycles. The van der Waals surface area contributed by atoms with Crippen molar-refractivity contribution in [2.75, 3.05) is 6.54 Å². The number of hydrogen-bond donors (Lipinski definition) is 0. The van der Waals surface area contributed by atoms with E-state index in [9.17, 15) is 13.2 Å². The third-order valence-corrected chi connectivity index (χ3v) is 5.91. The fourth-order valence-electron chi connectivity index (χ4n) is 4.34. The second-order valence-electron chi connectivity index (χ2n) is 8.37. The van der Waals surface area contributed by atoms with E-state index in [0.717, 1.165) is 25.6 Å². The van der Waals surface area contributed by atoms with Crippen molar-refractivity contribution in [1.82, 2.24) is 9.47 Å². The molecule has 2 aromatic carbocycles. The molecule has 0 bridgehead atoms. The normalized spacial score (nSPS) is 17.7. The van der Waals surface area contributed by atoms with E-state index in [1.165, 1.54) is 29.0 Å². The smallest absolute Gasteiger partial charge is 0.350 e. The van der Waals surface area contributed by atoms with Crippen LogP contribution in [-0.4, -0.2) is 16.0 Å². The van der Waals surface area contributed by atoms with Crippen LogP contribution in [0.5, 0.6) is 0 Å². The van der Waals surface area contributed by atoms with Crippen LogP contribution in [0.15, 0.2) is 66.9 Å². The minimum absolute atomic E-state index is 0.0123. The summed E-state index contributed by atoms with van der Waals surface area (Å²) in [5.74, 6) is 0.457. The fourth-order valence-corrected chi connectivity index (χ4v) is 4.34. The molecule has 158 valence electrons. The lowest BCUT2D eigenvalue weighted by Crippen LogP contribution is -2.29. The van der Waals surface area contributed by atoms with Gasteiger partial charge >= 0.3 is 6.18 Å². The zero-order chi connectivity index (χ0) is 21.3. The Morgan fingerprint density at radius 1 is 0.967 bits per heavy atom. The van der Waals surface area contributed by atoms with E-state index in [1.54, 1.807) is 6.07 Å². The highest BCUT2D eigenvalue weighted by Crippen LogP contribution is 2.35. The van der Waals surface area contributed by atoms with Gasteiger partial charge in [0.1, 0.15) is 0 Å². The third-order valence-electron chi connectivity index (χ3n) is 5.91. The first kappa shape index (κ1) is 20.7. The van der Waals surface area contributed by atoms with Gasteiger partial charge in [-0.1, -0.05) is 56.3 Å². The first-order valence-corrected chi connectivity index (χ1v) is 10.5. The van der Waals surface area contributed by atoms with Gasteiger partial charge in [0, 0.05) is 31.5 Å². The maximum absolute atomic E-state index is 13.2. The first-order chi connectivity index (χ1) is 14.3. The van der Waals surface area contributed by atoms with Crippen molar-refractivity contribution >= 4 is 0 Å². The Morgan fingerprint density at radius 3 is 2.43 bits per heavy atom. The lowest BCUT2D eigenvalue weighted by Gasteiger charge is -2.31. The molecule has 30 heavy (non-hydrogen) atoms. The molecule has 0 aliphatic carbocycles. The zero-order valence-corrected chi connectivity index (χ0v) is 17.4. The molecule has 1 aromatic heterocycles. The van der Waals surface area contributed by atoms with Crippen molar-refractivity contribution in [3.8, 4) is 0 Å². The van der Waals surface area contributed by atoms with Crippen molar-refractivity contribution in [3.63, 3.8) is 0 Å². The summed E-state index contributed by atoms with van der Waals surface area (Å²) in [6.45, 7) is 6.57. The lowest BCUT2D eigenvalue weighted by atomic mass is 9.96. The number of aromatic nitrogens is 1. The second-order valence-corrected chi connectivity index (χ2v) is 8.37. The number of alkyl halides is 3. The summed E-state index contributed by atoms with van der Waals surface area (Å²) in [6, 6.07) is 18.6. The average Bonchev–Trinajstić information content (AvgIpc) is 3.09. The fraction of sp³-hybridized carbons (Fsp3) is 0.360. The van der Waals surface area contributed by atoms with Crippen molar-refractivity contribution in [2.45, 2.75) is 51.5 Å². The molecular formula is C25H27F3N2. The van der Waals surface area contributed by atoms with Gasteiger partial charge in [-0.3, -0.25) is 4.90 Å². The molecule has 0 N–H and O–H groups in total. The number of benzene rings is 2. The van der Waals surface area contributed by atoms with Crippen LogP contribution in [-0.2, 0) is 19.3 Å². The molecule has 3 aromatic rings. The summed E-state index contributed by atoms with van der Waals surface area (Å²) in [6.07, 6.45) is -1.27. The first-order valence-electron chi connectivity index (χ1n) is 10.5. The van der Waals surface area contributed by atoms with Gasteiger partial charge in [0.15, 0.2) is 0 Å². The van der Waals surface area contributed by atoms with Crippen molar-refractivity contribution in [3.05, 3.63) is 94.8 Å². The van der Waals surface area contributed by atoms with Crippen molar-refractivity contribution in [1.29, 1.82) is 0 Å². The maximum Gasteiger partial charge on any atom is 0.416 e. The Morgan fingerprint density at radius 2 is 1.73 bits per heavy atom. The second kappa shape index (κ2) is 8.31. The van der Waals surface area contributed by atoms with E-state index in [-0.39, 0.29) is 6.04 Å². The van der Waals surface area contributed by atoms with Gasteiger partial charge < -0.3 is 4.57 Å². The van der Waals surface area contributed by atoms with Gasteiger partial charge in [-0.05, 0) is 47.2 Å². The minimum atomic E-state index is -4.32. The Kier molecular flexibility index (Phi) is 5.74. The highest BCUT2D eigenvalue weighted by atomic mass is 19.4. The minimum Gasteiger partial charge on any atom is -0.350 e. The molecule has 0 unspecified atom stereocenters. The standard InChI is InChI=1S/C25H27F3N2/c1-18(2)20-9-11-21(12-10-20)24-23-8-4-13-29(23)14-5-15-30(24)17-19-6-3-7-22(16-19)25(26,27)28/h3-4,6-13,16,18,24H,5,14-15,17H2,1-2H3/t24-/m1/s1. The molecule has 2 heterocycles. The van der Waals surface area contributed by atoms with Crippen LogP contribution in [0.3, 0.4) is 0 Å². The highest BCUT2D eigenvalue weighted by Gasteiger charge is 2.31. The van der Waals surface area contributed by atoms with Gasteiger partial charge in [0.25, 0.3) is 0 Å². The van der Waals surface area contributed by atoms with Crippen LogP contribution in [0.4, 0.5) is 13.2 Å². The van der Waals surface area contributed by atoms with E-state index in [2.05, 4.69) is 65.9 Å². The SMILES string of the molecule is CC(C)c1ccc([C@@H]2c3cccn3CCCN2Cc2cccc(C(F)(F)F)c2)cc1. The van der Waals surface area contributed by atoms with Crippen molar-refractivity contribution in [2.24, 2.45) is 0 Å². The van der Waals surface area contributed by atoms with Crippen LogP contribution in [0.25, 0.3) is 0 Å². The number of halogens is 3. The number of hydrogen-bond acceptors (Lipinski definition) is 1. The van der Waals surface area contributed by atoms with Crippen LogP contribution in [0.1, 0.15) is 60.2 Å². The van der Waals surface area contributed by atoms with Gasteiger partial charge in [-0.2, -0.15) is 13.2 Å².